The molecule has 0 fully saturated rings. The standard InChI is InChI=1S/C7H4FNO4S/c8-6-2-1-5(14(11,12)13)3-7(6)9-4-10/h1-3H,(H,11,12,13). The van der Waals surface area contributed by atoms with E-state index in [1.54, 1.807) is 0 Å². The fourth-order valence-electron chi connectivity index (χ4n) is 0.788. The SMILES string of the molecule is O=C=Nc1cc(S(=O)(=O)O)ccc1F. The molecule has 0 aromatic heterocycles. The van der Waals surface area contributed by atoms with E-state index in [1.165, 1.54) is 0 Å². The molecule has 0 aliphatic heterocycles. The number of isocyanates is 1. The van der Waals surface area contributed by atoms with Gasteiger partial charge in [-0.2, -0.15) is 13.4 Å². The van der Waals surface area contributed by atoms with Crippen molar-refractivity contribution in [1.82, 2.24) is 0 Å². The molecule has 0 aliphatic rings. The number of carbonyl (C=O) groups excluding carboxylic acids is 1. The minimum absolute atomic E-state index is 0.491. The van der Waals surface area contributed by atoms with E-state index < -0.39 is 26.5 Å². The lowest BCUT2D eigenvalue weighted by Crippen LogP contribution is -1.97. The highest BCUT2D eigenvalue weighted by molar-refractivity contribution is 7.85. The van der Waals surface area contributed by atoms with Crippen LogP contribution in [0, 0.1) is 5.82 Å². The van der Waals surface area contributed by atoms with Gasteiger partial charge in [-0.1, -0.05) is 0 Å². The van der Waals surface area contributed by atoms with E-state index >= 15 is 0 Å². The fraction of sp³-hybridized carbons (Fsp3) is 0. The van der Waals surface area contributed by atoms with Crippen molar-refractivity contribution in [3.05, 3.63) is 24.0 Å². The van der Waals surface area contributed by atoms with E-state index in [4.69, 9.17) is 4.55 Å². The van der Waals surface area contributed by atoms with Gasteiger partial charge >= 0.3 is 0 Å². The van der Waals surface area contributed by atoms with Crippen molar-refractivity contribution in [2.75, 3.05) is 0 Å². The maximum atomic E-state index is 12.8. The molecule has 1 aromatic rings. The van der Waals surface area contributed by atoms with Crippen LogP contribution in [0.2, 0.25) is 0 Å². The zero-order valence-corrected chi connectivity index (χ0v) is 7.45. The van der Waals surface area contributed by atoms with Crippen LogP contribution < -0.4 is 0 Å². The molecule has 0 atom stereocenters. The fourth-order valence-corrected chi connectivity index (χ4v) is 1.29. The third-order valence-corrected chi connectivity index (χ3v) is 2.23. The highest BCUT2D eigenvalue weighted by atomic mass is 32.2. The quantitative estimate of drug-likeness (QED) is 0.455. The van der Waals surface area contributed by atoms with Crippen molar-refractivity contribution >= 4 is 21.9 Å². The molecular weight excluding hydrogens is 213 g/mol. The molecule has 0 spiro atoms. The van der Waals surface area contributed by atoms with Crippen LogP contribution in [0.25, 0.3) is 0 Å². The normalized spacial score (nSPS) is 10.7. The Morgan fingerprint density at radius 1 is 1.43 bits per heavy atom. The monoisotopic (exact) mass is 217 g/mol. The van der Waals surface area contributed by atoms with Crippen molar-refractivity contribution in [3.8, 4) is 0 Å². The minimum Gasteiger partial charge on any atom is -0.282 e. The van der Waals surface area contributed by atoms with E-state index in [0.29, 0.717) is 0 Å². The predicted molar refractivity (Wildman–Crippen MR) is 44.0 cm³/mol. The van der Waals surface area contributed by atoms with Gasteiger partial charge in [0.2, 0.25) is 6.08 Å². The Balaban J connectivity index is 3.41. The molecule has 0 unspecified atom stereocenters. The molecule has 74 valence electrons. The number of hydrogen-bond acceptors (Lipinski definition) is 4. The summed E-state index contributed by atoms with van der Waals surface area (Å²) in [4.78, 5) is 12.2. The van der Waals surface area contributed by atoms with Gasteiger partial charge in [-0.15, -0.1) is 0 Å². The summed E-state index contributed by atoms with van der Waals surface area (Å²) < 4.78 is 42.6. The van der Waals surface area contributed by atoms with Crippen LogP contribution in [-0.4, -0.2) is 19.1 Å². The lowest BCUT2D eigenvalue weighted by molar-refractivity contribution is 0.483. The lowest BCUT2D eigenvalue weighted by Gasteiger charge is -1.98. The highest BCUT2D eigenvalue weighted by Gasteiger charge is 2.12. The van der Waals surface area contributed by atoms with Crippen molar-refractivity contribution in [2.45, 2.75) is 4.90 Å². The average Bonchev–Trinajstić information content (AvgIpc) is 2.07. The predicted octanol–water partition coefficient (Wildman–Crippen LogP) is 1.04. The number of nitrogens with zero attached hydrogens (tertiary/aromatic N) is 1. The average molecular weight is 217 g/mol. The maximum Gasteiger partial charge on any atom is 0.294 e. The summed E-state index contributed by atoms with van der Waals surface area (Å²) in [6.07, 6.45) is 1.06. The van der Waals surface area contributed by atoms with Gasteiger partial charge in [-0.05, 0) is 18.2 Å². The first-order chi connectivity index (χ1) is 6.45. The Hall–Kier alpha value is -1.56. The summed E-state index contributed by atoms with van der Waals surface area (Å²) in [6.45, 7) is 0. The lowest BCUT2D eigenvalue weighted by atomic mass is 10.3. The third kappa shape index (κ3) is 2.23. The van der Waals surface area contributed by atoms with Gasteiger partial charge in [-0.25, -0.2) is 9.18 Å². The zero-order chi connectivity index (χ0) is 10.8. The number of benzene rings is 1. The van der Waals surface area contributed by atoms with E-state index in [0.717, 1.165) is 24.3 Å². The maximum absolute atomic E-state index is 12.8. The van der Waals surface area contributed by atoms with Crippen LogP contribution in [0.4, 0.5) is 10.1 Å². The molecule has 0 bridgehead atoms. The highest BCUT2D eigenvalue weighted by Crippen LogP contribution is 2.21. The molecule has 0 heterocycles. The minimum atomic E-state index is -4.42. The summed E-state index contributed by atoms with van der Waals surface area (Å²) >= 11 is 0. The molecule has 0 saturated heterocycles. The summed E-state index contributed by atoms with van der Waals surface area (Å²) in [5.41, 5.74) is -0.491. The van der Waals surface area contributed by atoms with Crippen LogP contribution in [-0.2, 0) is 14.9 Å². The molecule has 0 amide bonds. The first-order valence-corrected chi connectivity index (χ1v) is 4.74. The number of hydrogen-bond donors (Lipinski definition) is 1. The topological polar surface area (TPSA) is 83.8 Å². The van der Waals surface area contributed by atoms with Gasteiger partial charge < -0.3 is 0 Å². The van der Waals surface area contributed by atoms with Crippen LogP contribution >= 0.6 is 0 Å². The molecule has 0 aliphatic carbocycles. The molecule has 1 rings (SSSR count). The molecule has 0 saturated carbocycles. The van der Waals surface area contributed by atoms with E-state index in [2.05, 4.69) is 4.99 Å². The Labute approximate surface area is 78.6 Å². The Morgan fingerprint density at radius 2 is 2.07 bits per heavy atom. The summed E-state index contributed by atoms with van der Waals surface area (Å²) in [7, 11) is -4.42. The molecular formula is C7H4FNO4S. The van der Waals surface area contributed by atoms with Crippen LogP contribution in [0.5, 0.6) is 0 Å². The number of rotatable bonds is 2. The summed E-state index contributed by atoms with van der Waals surface area (Å²) in [5, 5.41) is 0. The van der Waals surface area contributed by atoms with Crippen molar-refractivity contribution in [2.24, 2.45) is 4.99 Å². The number of halogens is 1. The number of aliphatic imine (C=N–C) groups is 1. The largest absolute Gasteiger partial charge is 0.294 e. The van der Waals surface area contributed by atoms with Gasteiger partial charge in [0.05, 0.1) is 4.90 Å². The van der Waals surface area contributed by atoms with E-state index in [9.17, 15) is 17.6 Å². The molecule has 5 nitrogen and oxygen atoms in total. The Morgan fingerprint density at radius 3 is 2.57 bits per heavy atom. The van der Waals surface area contributed by atoms with Crippen molar-refractivity contribution < 1.29 is 22.2 Å². The summed E-state index contributed by atoms with van der Waals surface area (Å²) in [6, 6.07) is 2.36. The van der Waals surface area contributed by atoms with E-state index in [-0.39, 0.29) is 0 Å². The first-order valence-electron chi connectivity index (χ1n) is 3.30. The molecule has 1 aromatic carbocycles. The third-order valence-electron chi connectivity index (χ3n) is 1.38. The molecule has 0 radical (unpaired) electrons. The van der Waals surface area contributed by atoms with Crippen LogP contribution in [0.3, 0.4) is 0 Å². The van der Waals surface area contributed by atoms with Gasteiger partial charge in [-0.3, -0.25) is 4.55 Å². The second-order valence-corrected chi connectivity index (χ2v) is 3.71. The molecule has 7 heteroatoms. The van der Waals surface area contributed by atoms with Crippen molar-refractivity contribution in [3.63, 3.8) is 0 Å². The van der Waals surface area contributed by atoms with Crippen LogP contribution in [0.15, 0.2) is 28.1 Å². The Kier molecular flexibility index (Phi) is 2.76. The summed E-state index contributed by atoms with van der Waals surface area (Å²) in [5.74, 6) is -0.874. The molecule has 14 heavy (non-hydrogen) atoms. The Bertz CT molecular complexity index is 504. The van der Waals surface area contributed by atoms with E-state index in [1.807, 2.05) is 0 Å². The zero-order valence-electron chi connectivity index (χ0n) is 6.64. The smallest absolute Gasteiger partial charge is 0.282 e. The van der Waals surface area contributed by atoms with Crippen molar-refractivity contribution in [1.29, 1.82) is 0 Å². The van der Waals surface area contributed by atoms with Gasteiger partial charge in [0, 0.05) is 0 Å². The van der Waals surface area contributed by atoms with Gasteiger partial charge in [0.1, 0.15) is 11.5 Å². The van der Waals surface area contributed by atoms with Crippen LogP contribution in [0.1, 0.15) is 0 Å². The van der Waals surface area contributed by atoms with Gasteiger partial charge in [0.15, 0.2) is 0 Å². The second kappa shape index (κ2) is 3.67. The first kappa shape index (κ1) is 10.5. The molecule has 1 N–H and O–H groups in total. The van der Waals surface area contributed by atoms with Gasteiger partial charge in [0.25, 0.3) is 10.1 Å². The second-order valence-electron chi connectivity index (χ2n) is 2.29.